The van der Waals surface area contributed by atoms with E-state index >= 15 is 0 Å². The van der Waals surface area contributed by atoms with E-state index in [1.165, 1.54) is 0 Å². The molecule has 2 aromatic carbocycles. The van der Waals surface area contributed by atoms with E-state index in [0.717, 1.165) is 11.3 Å². The van der Waals surface area contributed by atoms with Crippen LogP contribution in [0.3, 0.4) is 0 Å². The second-order valence-corrected chi connectivity index (χ2v) is 6.52. The highest BCUT2D eigenvalue weighted by Crippen LogP contribution is 2.23. The van der Waals surface area contributed by atoms with Gasteiger partial charge in [-0.3, -0.25) is 4.79 Å². The number of carbonyl (C=O) groups is 1. The smallest absolute Gasteiger partial charge is 0.295 e. The summed E-state index contributed by atoms with van der Waals surface area (Å²) in [6, 6.07) is 15.3. The van der Waals surface area contributed by atoms with Crippen LogP contribution in [-0.4, -0.2) is 27.3 Å². The number of aromatic nitrogens is 3. The number of aryl methyl sites for hydroxylation is 1. The van der Waals surface area contributed by atoms with Crippen molar-refractivity contribution >= 4 is 11.6 Å². The van der Waals surface area contributed by atoms with E-state index in [4.69, 9.17) is 4.74 Å². The van der Waals surface area contributed by atoms with E-state index < -0.39 is 0 Å². The fraction of sp³-hybridized carbons (Fsp3) is 0.286. The molecular weight excluding hydrogens is 340 g/mol. The Kier molecular flexibility index (Phi) is 5.54. The molecule has 0 saturated heterocycles. The van der Waals surface area contributed by atoms with Crippen LogP contribution < -0.4 is 10.1 Å². The zero-order valence-corrected chi connectivity index (χ0v) is 16.1. The Bertz CT molecular complexity index is 947. The highest BCUT2D eigenvalue weighted by molar-refractivity contribution is 6.01. The molecule has 6 nitrogen and oxygen atoms in total. The first-order valence-electron chi connectivity index (χ1n) is 9.06. The lowest BCUT2D eigenvalue weighted by Crippen LogP contribution is -2.14. The maximum Gasteiger partial charge on any atom is 0.295 e. The van der Waals surface area contributed by atoms with Gasteiger partial charge in [-0.15, -0.1) is 5.10 Å². The molecule has 3 rings (SSSR count). The van der Waals surface area contributed by atoms with E-state index in [0.29, 0.717) is 29.8 Å². The summed E-state index contributed by atoms with van der Waals surface area (Å²) in [5.74, 6) is 1.48. The van der Waals surface area contributed by atoms with Crippen LogP contribution in [0.2, 0.25) is 0 Å². The Morgan fingerprint density at radius 1 is 1.19 bits per heavy atom. The minimum absolute atomic E-state index is 0.132. The number of hydrogen-bond donors (Lipinski definition) is 1. The maximum atomic E-state index is 12.6. The van der Waals surface area contributed by atoms with Crippen molar-refractivity contribution in [3.63, 3.8) is 0 Å². The molecule has 1 N–H and O–H groups in total. The van der Waals surface area contributed by atoms with Crippen molar-refractivity contribution in [2.24, 2.45) is 0 Å². The van der Waals surface area contributed by atoms with E-state index in [1.807, 2.05) is 44.2 Å². The summed E-state index contributed by atoms with van der Waals surface area (Å²) >= 11 is 0. The molecular formula is C21H24N4O2. The van der Waals surface area contributed by atoms with Crippen molar-refractivity contribution in [3.8, 4) is 11.4 Å². The quantitative estimate of drug-likeness (QED) is 0.706. The number of benzene rings is 2. The highest BCUT2D eigenvalue weighted by atomic mass is 16.5. The number of nitrogens with one attached hydrogen (secondary N) is 1. The van der Waals surface area contributed by atoms with Crippen LogP contribution in [0.25, 0.3) is 5.69 Å². The summed E-state index contributed by atoms with van der Waals surface area (Å²) < 4.78 is 7.19. The zero-order chi connectivity index (χ0) is 19.4. The second-order valence-electron chi connectivity index (χ2n) is 6.52. The number of nitrogens with zero attached hydrogens (tertiary/aromatic N) is 3. The molecule has 27 heavy (non-hydrogen) atoms. The summed E-state index contributed by atoms with van der Waals surface area (Å²) in [5, 5.41) is 7.27. The van der Waals surface area contributed by atoms with Gasteiger partial charge in [0.05, 0.1) is 12.3 Å². The van der Waals surface area contributed by atoms with Gasteiger partial charge in [-0.25, -0.2) is 9.67 Å². The lowest BCUT2D eigenvalue weighted by atomic mass is 10.0. The number of carbonyl (C=O) groups excluding carboxylic acids is 1. The summed E-state index contributed by atoms with van der Waals surface area (Å²) in [4.78, 5) is 17.0. The summed E-state index contributed by atoms with van der Waals surface area (Å²) in [6.45, 7) is 8.59. The molecule has 1 amide bonds. The molecule has 0 spiro atoms. The zero-order valence-electron chi connectivity index (χ0n) is 16.1. The molecule has 0 bridgehead atoms. The number of anilines is 1. The minimum Gasteiger partial charge on any atom is -0.494 e. The number of ether oxygens (including phenoxy) is 1. The topological polar surface area (TPSA) is 69.0 Å². The fourth-order valence-corrected chi connectivity index (χ4v) is 2.90. The molecule has 0 atom stereocenters. The first kappa shape index (κ1) is 18.6. The van der Waals surface area contributed by atoms with Crippen LogP contribution in [0.1, 0.15) is 48.7 Å². The number of amides is 1. The Balaban J connectivity index is 1.86. The summed E-state index contributed by atoms with van der Waals surface area (Å²) in [6.07, 6.45) is 0. The largest absolute Gasteiger partial charge is 0.494 e. The van der Waals surface area contributed by atoms with Gasteiger partial charge in [-0.1, -0.05) is 38.1 Å². The van der Waals surface area contributed by atoms with E-state index in [-0.39, 0.29) is 11.7 Å². The van der Waals surface area contributed by atoms with Crippen LogP contribution in [-0.2, 0) is 0 Å². The molecule has 1 aromatic heterocycles. The minimum atomic E-state index is -0.354. The Morgan fingerprint density at radius 3 is 2.70 bits per heavy atom. The molecule has 0 fully saturated rings. The van der Waals surface area contributed by atoms with Crippen molar-refractivity contribution in [1.82, 2.24) is 14.8 Å². The van der Waals surface area contributed by atoms with Crippen molar-refractivity contribution in [2.45, 2.75) is 33.6 Å². The van der Waals surface area contributed by atoms with E-state index in [2.05, 4.69) is 35.3 Å². The molecule has 6 heteroatoms. The second kappa shape index (κ2) is 8.03. The molecule has 0 aliphatic heterocycles. The SMILES string of the molecule is CCOc1cccc(NC(=O)c2nc(C)n(-c3ccccc3C(C)C)n2)c1. The van der Waals surface area contributed by atoms with E-state index in [9.17, 15) is 4.79 Å². The monoisotopic (exact) mass is 364 g/mol. The Morgan fingerprint density at radius 2 is 1.96 bits per heavy atom. The average molecular weight is 364 g/mol. The first-order valence-corrected chi connectivity index (χ1v) is 9.06. The molecule has 3 aromatic rings. The molecule has 0 aliphatic carbocycles. The van der Waals surface area contributed by atoms with Crippen LogP contribution in [0, 0.1) is 6.92 Å². The van der Waals surface area contributed by atoms with E-state index in [1.54, 1.807) is 16.8 Å². The molecule has 0 radical (unpaired) electrons. The number of para-hydroxylation sites is 1. The van der Waals surface area contributed by atoms with Gasteiger partial charge in [0.1, 0.15) is 11.6 Å². The molecule has 0 aliphatic rings. The lowest BCUT2D eigenvalue weighted by molar-refractivity contribution is 0.101. The Hall–Kier alpha value is -3.15. The standard InChI is InChI=1S/C21H24N4O2/c1-5-27-17-10-8-9-16(13-17)23-21(26)20-22-15(4)25(24-20)19-12-7-6-11-18(19)14(2)3/h6-14H,5H2,1-4H3,(H,23,26). The summed E-state index contributed by atoms with van der Waals surface area (Å²) in [5.41, 5.74) is 2.74. The predicted molar refractivity (Wildman–Crippen MR) is 106 cm³/mol. The Labute approximate surface area is 159 Å². The first-order chi connectivity index (χ1) is 13.0. The van der Waals surface area contributed by atoms with Gasteiger partial charge in [0.2, 0.25) is 5.82 Å². The fourth-order valence-electron chi connectivity index (χ4n) is 2.90. The van der Waals surface area contributed by atoms with Gasteiger partial charge in [0, 0.05) is 11.8 Å². The predicted octanol–water partition coefficient (Wildman–Crippen LogP) is 4.35. The maximum absolute atomic E-state index is 12.6. The lowest BCUT2D eigenvalue weighted by Gasteiger charge is -2.12. The molecule has 0 saturated carbocycles. The van der Waals surface area contributed by atoms with Gasteiger partial charge >= 0.3 is 0 Å². The highest BCUT2D eigenvalue weighted by Gasteiger charge is 2.18. The third-order valence-corrected chi connectivity index (χ3v) is 4.16. The third kappa shape index (κ3) is 4.16. The van der Waals surface area contributed by atoms with Crippen molar-refractivity contribution in [3.05, 3.63) is 65.7 Å². The molecule has 1 heterocycles. The van der Waals surface area contributed by atoms with Crippen LogP contribution in [0.15, 0.2) is 48.5 Å². The number of hydrogen-bond acceptors (Lipinski definition) is 4. The van der Waals surface area contributed by atoms with Crippen LogP contribution >= 0.6 is 0 Å². The van der Waals surface area contributed by atoms with Gasteiger partial charge in [-0.2, -0.15) is 0 Å². The third-order valence-electron chi connectivity index (χ3n) is 4.16. The summed E-state index contributed by atoms with van der Waals surface area (Å²) in [7, 11) is 0. The van der Waals surface area contributed by atoms with Gasteiger partial charge in [-0.05, 0) is 43.5 Å². The molecule has 0 unspecified atom stereocenters. The average Bonchev–Trinajstić information content (AvgIpc) is 3.04. The number of rotatable bonds is 6. The van der Waals surface area contributed by atoms with Gasteiger partial charge in [0.25, 0.3) is 5.91 Å². The molecule has 140 valence electrons. The van der Waals surface area contributed by atoms with Crippen molar-refractivity contribution in [2.75, 3.05) is 11.9 Å². The van der Waals surface area contributed by atoms with Crippen molar-refractivity contribution < 1.29 is 9.53 Å². The van der Waals surface area contributed by atoms with Gasteiger partial charge in [0.15, 0.2) is 0 Å². The van der Waals surface area contributed by atoms with Crippen molar-refractivity contribution in [1.29, 1.82) is 0 Å². The van der Waals surface area contributed by atoms with Gasteiger partial charge < -0.3 is 10.1 Å². The van der Waals surface area contributed by atoms with Crippen LogP contribution in [0.4, 0.5) is 5.69 Å². The van der Waals surface area contributed by atoms with Crippen LogP contribution in [0.5, 0.6) is 5.75 Å². The normalized spacial score (nSPS) is 10.9.